The highest BCUT2D eigenvalue weighted by Gasteiger charge is 2.39. The first-order valence-corrected chi connectivity index (χ1v) is 7.35. The summed E-state index contributed by atoms with van der Waals surface area (Å²) >= 11 is 6.21. The molecule has 0 amide bonds. The standard InChI is InChI=1S/C17H18ClFN2/c1-3-13-4-5-14(15(18)10-13)11-21-9-7-17(2,6-8-20)16(19)12-21/h1,4-5,10,16H,6-7,9,11-12H2,2H3. The van der Waals surface area contributed by atoms with Crippen LogP contribution in [0, 0.1) is 29.1 Å². The summed E-state index contributed by atoms with van der Waals surface area (Å²) in [6, 6.07) is 7.60. The largest absolute Gasteiger partial charge is 0.296 e. The average molecular weight is 305 g/mol. The third-order valence-electron chi connectivity index (χ3n) is 4.27. The van der Waals surface area contributed by atoms with Crippen molar-refractivity contribution < 1.29 is 4.39 Å². The number of rotatable bonds is 3. The topological polar surface area (TPSA) is 27.0 Å². The van der Waals surface area contributed by atoms with Gasteiger partial charge in [0.15, 0.2) is 0 Å². The third-order valence-corrected chi connectivity index (χ3v) is 4.62. The fourth-order valence-electron chi connectivity index (χ4n) is 2.64. The number of nitriles is 1. The van der Waals surface area contributed by atoms with E-state index in [4.69, 9.17) is 23.3 Å². The molecule has 2 nitrogen and oxygen atoms in total. The molecule has 1 aromatic carbocycles. The molecule has 2 atom stereocenters. The summed E-state index contributed by atoms with van der Waals surface area (Å²) in [7, 11) is 0. The monoisotopic (exact) mass is 304 g/mol. The van der Waals surface area contributed by atoms with Gasteiger partial charge in [-0.1, -0.05) is 30.5 Å². The van der Waals surface area contributed by atoms with Crippen molar-refractivity contribution in [3.05, 3.63) is 34.3 Å². The molecule has 1 aliphatic rings. The van der Waals surface area contributed by atoms with Gasteiger partial charge in [-0.25, -0.2) is 4.39 Å². The second-order valence-corrected chi connectivity index (χ2v) is 6.30. The van der Waals surface area contributed by atoms with E-state index in [-0.39, 0.29) is 6.42 Å². The number of piperidine rings is 1. The van der Waals surface area contributed by atoms with E-state index in [1.807, 2.05) is 24.0 Å². The summed E-state index contributed by atoms with van der Waals surface area (Å²) in [5, 5.41) is 9.44. The smallest absolute Gasteiger partial charge is 0.119 e. The van der Waals surface area contributed by atoms with Gasteiger partial charge in [0.2, 0.25) is 0 Å². The molecule has 1 aromatic rings. The van der Waals surface area contributed by atoms with Crippen molar-refractivity contribution in [2.45, 2.75) is 32.5 Å². The number of terminal acetylenes is 1. The molecule has 2 rings (SSSR count). The third kappa shape index (κ3) is 3.56. The molecule has 1 heterocycles. The Morgan fingerprint density at radius 2 is 2.33 bits per heavy atom. The number of likely N-dealkylation sites (tertiary alicyclic amines) is 1. The molecule has 0 radical (unpaired) electrons. The molecule has 0 aliphatic carbocycles. The molecule has 0 saturated carbocycles. The molecule has 1 aliphatic heterocycles. The maximum atomic E-state index is 14.3. The van der Waals surface area contributed by atoms with Gasteiger partial charge in [0.05, 0.1) is 6.07 Å². The lowest BCUT2D eigenvalue weighted by molar-refractivity contribution is 0.0186. The Labute approximate surface area is 130 Å². The molecule has 0 bridgehead atoms. The van der Waals surface area contributed by atoms with Gasteiger partial charge >= 0.3 is 0 Å². The van der Waals surface area contributed by atoms with E-state index in [0.717, 1.165) is 17.7 Å². The first-order valence-electron chi connectivity index (χ1n) is 6.97. The summed E-state index contributed by atoms with van der Waals surface area (Å²) < 4.78 is 14.3. The van der Waals surface area contributed by atoms with Gasteiger partial charge in [-0.05, 0) is 30.7 Å². The number of halogens is 2. The summed E-state index contributed by atoms with van der Waals surface area (Å²) in [5.41, 5.74) is 1.17. The van der Waals surface area contributed by atoms with Crippen LogP contribution >= 0.6 is 11.6 Å². The van der Waals surface area contributed by atoms with Gasteiger partial charge in [-0.3, -0.25) is 4.90 Å². The highest BCUT2D eigenvalue weighted by Crippen LogP contribution is 2.37. The van der Waals surface area contributed by atoms with Crippen LogP contribution in [0.5, 0.6) is 0 Å². The predicted octanol–water partition coefficient (Wildman–Crippen LogP) is 3.79. The quantitative estimate of drug-likeness (QED) is 0.795. The molecule has 1 saturated heterocycles. The van der Waals surface area contributed by atoms with Gasteiger partial charge in [0.25, 0.3) is 0 Å². The number of hydrogen-bond acceptors (Lipinski definition) is 2. The Bertz CT molecular complexity index is 602. The second kappa shape index (κ2) is 6.48. The van der Waals surface area contributed by atoms with E-state index < -0.39 is 11.6 Å². The van der Waals surface area contributed by atoms with Crippen LogP contribution < -0.4 is 0 Å². The van der Waals surface area contributed by atoms with Crippen molar-refractivity contribution in [1.82, 2.24) is 4.90 Å². The predicted molar refractivity (Wildman–Crippen MR) is 82.5 cm³/mol. The van der Waals surface area contributed by atoms with Crippen molar-refractivity contribution in [2.24, 2.45) is 5.41 Å². The maximum absolute atomic E-state index is 14.3. The number of benzene rings is 1. The van der Waals surface area contributed by atoms with Crippen molar-refractivity contribution in [3.63, 3.8) is 0 Å². The second-order valence-electron chi connectivity index (χ2n) is 5.89. The van der Waals surface area contributed by atoms with Crippen LogP contribution in [0.4, 0.5) is 4.39 Å². The van der Waals surface area contributed by atoms with Crippen molar-refractivity contribution in [3.8, 4) is 18.4 Å². The Kier molecular flexibility index (Phi) is 4.88. The molecule has 1 fully saturated rings. The number of alkyl halides is 1. The van der Waals surface area contributed by atoms with Gasteiger partial charge < -0.3 is 0 Å². The van der Waals surface area contributed by atoms with Crippen LogP contribution in [-0.2, 0) is 6.54 Å². The normalized spacial score (nSPS) is 26.0. The molecular weight excluding hydrogens is 287 g/mol. The summed E-state index contributed by atoms with van der Waals surface area (Å²) in [4.78, 5) is 2.04. The maximum Gasteiger partial charge on any atom is 0.119 e. The highest BCUT2D eigenvalue weighted by atomic mass is 35.5. The molecule has 0 aromatic heterocycles. The van der Waals surface area contributed by atoms with Crippen LogP contribution in [0.25, 0.3) is 0 Å². The Morgan fingerprint density at radius 1 is 1.57 bits per heavy atom. The summed E-state index contributed by atoms with van der Waals surface area (Å²) in [5.74, 6) is 2.54. The van der Waals surface area contributed by atoms with Crippen molar-refractivity contribution in [1.29, 1.82) is 5.26 Å². The van der Waals surface area contributed by atoms with Crippen LogP contribution in [0.2, 0.25) is 5.02 Å². The zero-order valence-electron chi connectivity index (χ0n) is 12.1. The highest BCUT2D eigenvalue weighted by molar-refractivity contribution is 6.31. The minimum absolute atomic E-state index is 0.264. The van der Waals surface area contributed by atoms with E-state index >= 15 is 0 Å². The van der Waals surface area contributed by atoms with E-state index in [2.05, 4.69) is 12.0 Å². The average Bonchev–Trinajstić information content (AvgIpc) is 2.45. The Morgan fingerprint density at radius 3 is 2.90 bits per heavy atom. The van der Waals surface area contributed by atoms with Gasteiger partial charge in [-0.2, -0.15) is 5.26 Å². The molecule has 4 heteroatoms. The molecular formula is C17H18ClFN2. The number of hydrogen-bond donors (Lipinski definition) is 0. The van der Waals surface area contributed by atoms with Gasteiger partial charge in [0.1, 0.15) is 6.17 Å². The zero-order valence-corrected chi connectivity index (χ0v) is 12.8. The molecule has 0 spiro atoms. The molecule has 21 heavy (non-hydrogen) atoms. The van der Waals surface area contributed by atoms with Gasteiger partial charge in [0, 0.05) is 35.5 Å². The van der Waals surface area contributed by atoms with Crippen LogP contribution in [0.1, 0.15) is 30.9 Å². The molecule has 110 valence electrons. The zero-order chi connectivity index (χ0) is 15.5. The van der Waals surface area contributed by atoms with E-state index in [0.29, 0.717) is 24.5 Å². The van der Waals surface area contributed by atoms with Gasteiger partial charge in [-0.15, -0.1) is 6.42 Å². The molecule has 2 unspecified atom stereocenters. The lowest BCUT2D eigenvalue weighted by atomic mass is 9.76. The van der Waals surface area contributed by atoms with Crippen molar-refractivity contribution in [2.75, 3.05) is 13.1 Å². The van der Waals surface area contributed by atoms with Crippen molar-refractivity contribution >= 4 is 11.6 Å². The van der Waals surface area contributed by atoms with E-state index in [9.17, 15) is 4.39 Å². The first kappa shape index (κ1) is 15.8. The fourth-order valence-corrected chi connectivity index (χ4v) is 2.88. The number of nitrogens with zero attached hydrogens (tertiary/aromatic N) is 2. The van der Waals surface area contributed by atoms with Crippen LogP contribution in [0.3, 0.4) is 0 Å². The SMILES string of the molecule is C#Cc1ccc(CN2CCC(C)(CC#N)C(F)C2)c(Cl)c1. The summed E-state index contributed by atoms with van der Waals surface area (Å²) in [6.45, 7) is 3.57. The Balaban J connectivity index is 2.03. The first-order chi connectivity index (χ1) is 9.98. The minimum Gasteiger partial charge on any atom is -0.296 e. The van der Waals surface area contributed by atoms with E-state index in [1.165, 1.54) is 0 Å². The fraction of sp³-hybridized carbons (Fsp3) is 0.471. The minimum atomic E-state index is -0.991. The van der Waals surface area contributed by atoms with E-state index in [1.54, 1.807) is 6.07 Å². The Hall–Kier alpha value is -1.55. The van der Waals surface area contributed by atoms with Crippen LogP contribution in [0.15, 0.2) is 18.2 Å². The molecule has 0 N–H and O–H groups in total. The lowest BCUT2D eigenvalue weighted by Gasteiger charge is -2.41. The lowest BCUT2D eigenvalue weighted by Crippen LogP contribution is -2.47. The summed E-state index contributed by atoms with van der Waals surface area (Å²) in [6.07, 6.45) is 5.29. The van der Waals surface area contributed by atoms with Crippen LogP contribution in [-0.4, -0.2) is 24.2 Å².